The molecular formula is C26H22Cl2N2O3S. The van der Waals surface area contributed by atoms with Crippen molar-refractivity contribution in [3.63, 3.8) is 0 Å². The van der Waals surface area contributed by atoms with Gasteiger partial charge in [0.1, 0.15) is 16.4 Å². The molecule has 1 aliphatic heterocycles. The number of rotatable bonds is 5. The molecule has 0 spiro atoms. The first-order chi connectivity index (χ1) is 16.3. The second-order valence-electron chi connectivity index (χ2n) is 7.57. The number of carbonyl (C=O) groups excluding carboxylic acids is 1. The molecule has 1 aromatic heterocycles. The molecule has 0 atom stereocenters. The Hall–Kier alpha value is -2.93. The Morgan fingerprint density at radius 1 is 1.12 bits per heavy atom. The standard InChI is InChI=1S/C26H22Cl2N2O3S/c1-4-33-26(32)23-24(31)22(34-25(23)29-18-8-6-5-7-9-18)13-17-12-15(2)30(16(17)3)19-10-11-20(27)21(28)14-19/h5-14,31H,4H2,1-3H3/b22-13-,29-25?. The molecular weight excluding hydrogens is 491 g/mol. The Kier molecular flexibility index (Phi) is 7.22. The third-order valence-electron chi connectivity index (χ3n) is 5.28. The van der Waals surface area contributed by atoms with Crippen LogP contribution < -0.4 is 0 Å². The number of aliphatic hydroxyl groups is 1. The van der Waals surface area contributed by atoms with Gasteiger partial charge in [-0.05, 0) is 68.8 Å². The minimum Gasteiger partial charge on any atom is -0.506 e. The molecule has 3 aromatic rings. The molecule has 0 radical (unpaired) electrons. The summed E-state index contributed by atoms with van der Waals surface area (Å²) in [5.74, 6) is -0.746. The van der Waals surface area contributed by atoms with E-state index in [-0.39, 0.29) is 17.9 Å². The van der Waals surface area contributed by atoms with Crippen molar-refractivity contribution in [2.75, 3.05) is 6.61 Å². The number of aromatic nitrogens is 1. The van der Waals surface area contributed by atoms with Crippen molar-refractivity contribution in [1.82, 2.24) is 4.57 Å². The number of carbonyl (C=O) groups is 1. The van der Waals surface area contributed by atoms with Gasteiger partial charge in [-0.25, -0.2) is 9.79 Å². The van der Waals surface area contributed by atoms with Crippen LogP contribution in [0.2, 0.25) is 10.0 Å². The van der Waals surface area contributed by atoms with E-state index in [1.54, 1.807) is 13.0 Å². The maximum atomic E-state index is 12.6. The first-order valence-electron chi connectivity index (χ1n) is 10.6. The molecule has 2 aromatic carbocycles. The van der Waals surface area contributed by atoms with E-state index in [4.69, 9.17) is 27.9 Å². The Morgan fingerprint density at radius 3 is 2.53 bits per heavy atom. The number of benzene rings is 2. The van der Waals surface area contributed by atoms with Gasteiger partial charge in [0.05, 0.1) is 27.2 Å². The first-order valence-corrected chi connectivity index (χ1v) is 12.2. The van der Waals surface area contributed by atoms with Gasteiger partial charge in [0.25, 0.3) is 0 Å². The zero-order valence-corrected chi connectivity index (χ0v) is 21.1. The van der Waals surface area contributed by atoms with Crippen molar-refractivity contribution in [2.45, 2.75) is 20.8 Å². The Morgan fingerprint density at radius 2 is 1.85 bits per heavy atom. The molecule has 0 saturated carbocycles. The van der Waals surface area contributed by atoms with Crippen molar-refractivity contribution in [1.29, 1.82) is 0 Å². The molecule has 4 rings (SSSR count). The topological polar surface area (TPSA) is 63.8 Å². The van der Waals surface area contributed by atoms with Gasteiger partial charge >= 0.3 is 5.97 Å². The maximum Gasteiger partial charge on any atom is 0.344 e. The quantitative estimate of drug-likeness (QED) is 0.357. The van der Waals surface area contributed by atoms with E-state index in [1.165, 1.54) is 11.8 Å². The van der Waals surface area contributed by atoms with Crippen LogP contribution in [0, 0.1) is 13.8 Å². The zero-order valence-electron chi connectivity index (χ0n) is 18.8. The highest BCUT2D eigenvalue weighted by atomic mass is 35.5. The lowest BCUT2D eigenvalue weighted by Gasteiger charge is -2.10. The van der Waals surface area contributed by atoms with Crippen molar-refractivity contribution < 1.29 is 14.6 Å². The largest absolute Gasteiger partial charge is 0.506 e. The molecule has 0 fully saturated rings. The number of hydrogen-bond acceptors (Lipinski definition) is 5. The fraction of sp³-hybridized carbons (Fsp3) is 0.154. The SMILES string of the molecule is CCOC(=O)C1=C(O)/C(=C/c2cc(C)n(-c3ccc(Cl)c(Cl)c3)c2C)SC1=Nc1ccccc1. The minimum absolute atomic E-state index is 0.0697. The molecule has 1 N–H and O–H groups in total. The third kappa shape index (κ3) is 4.80. The number of nitrogens with zero attached hydrogens (tertiary/aromatic N) is 2. The lowest BCUT2D eigenvalue weighted by atomic mass is 10.2. The van der Waals surface area contributed by atoms with E-state index in [2.05, 4.69) is 9.56 Å². The summed E-state index contributed by atoms with van der Waals surface area (Å²) in [5.41, 5.74) is 4.45. The van der Waals surface area contributed by atoms with Gasteiger partial charge < -0.3 is 14.4 Å². The average Bonchev–Trinajstić information content (AvgIpc) is 3.26. The van der Waals surface area contributed by atoms with Gasteiger partial charge in [0.2, 0.25) is 0 Å². The van der Waals surface area contributed by atoms with Crippen LogP contribution in [0.3, 0.4) is 0 Å². The van der Waals surface area contributed by atoms with Crippen LogP contribution in [-0.4, -0.2) is 27.3 Å². The average molecular weight is 513 g/mol. The van der Waals surface area contributed by atoms with E-state index < -0.39 is 5.97 Å². The smallest absolute Gasteiger partial charge is 0.344 e. The lowest BCUT2D eigenvalue weighted by molar-refractivity contribution is -0.138. The van der Waals surface area contributed by atoms with Gasteiger partial charge in [-0.2, -0.15) is 0 Å². The predicted molar refractivity (Wildman–Crippen MR) is 141 cm³/mol. The number of esters is 1. The number of para-hydroxylation sites is 1. The Labute approximate surface area is 212 Å². The second-order valence-corrected chi connectivity index (χ2v) is 9.41. The summed E-state index contributed by atoms with van der Waals surface area (Å²) < 4.78 is 7.24. The molecule has 34 heavy (non-hydrogen) atoms. The number of hydrogen-bond donors (Lipinski definition) is 1. The predicted octanol–water partition coefficient (Wildman–Crippen LogP) is 7.59. The third-order valence-corrected chi connectivity index (χ3v) is 7.03. The van der Waals surface area contributed by atoms with Crippen LogP contribution in [0.5, 0.6) is 0 Å². The van der Waals surface area contributed by atoms with Crippen molar-refractivity contribution in [3.05, 3.63) is 97.8 Å². The molecule has 0 amide bonds. The molecule has 2 heterocycles. The fourth-order valence-corrected chi connectivity index (χ4v) is 5.03. The molecule has 0 saturated heterocycles. The lowest BCUT2D eigenvalue weighted by Crippen LogP contribution is -2.12. The summed E-state index contributed by atoms with van der Waals surface area (Å²) in [4.78, 5) is 17.7. The van der Waals surface area contributed by atoms with Gasteiger partial charge in [0.15, 0.2) is 0 Å². The van der Waals surface area contributed by atoms with E-state index in [1.807, 2.05) is 68.5 Å². The van der Waals surface area contributed by atoms with Crippen LogP contribution in [0.4, 0.5) is 5.69 Å². The highest BCUT2D eigenvalue weighted by Gasteiger charge is 2.33. The van der Waals surface area contributed by atoms with E-state index in [9.17, 15) is 9.90 Å². The summed E-state index contributed by atoms with van der Waals surface area (Å²) in [6, 6.07) is 16.8. The molecule has 8 heteroatoms. The summed E-state index contributed by atoms with van der Waals surface area (Å²) in [6.07, 6.45) is 1.85. The summed E-state index contributed by atoms with van der Waals surface area (Å²) in [7, 11) is 0. The molecule has 5 nitrogen and oxygen atoms in total. The zero-order chi connectivity index (χ0) is 24.4. The fourth-order valence-electron chi connectivity index (χ4n) is 3.71. The van der Waals surface area contributed by atoms with Crippen LogP contribution in [-0.2, 0) is 9.53 Å². The van der Waals surface area contributed by atoms with E-state index >= 15 is 0 Å². The van der Waals surface area contributed by atoms with E-state index in [0.717, 1.165) is 22.6 Å². The van der Waals surface area contributed by atoms with Crippen LogP contribution >= 0.6 is 35.0 Å². The molecule has 0 unspecified atom stereocenters. The Balaban J connectivity index is 1.78. The molecule has 0 bridgehead atoms. The van der Waals surface area contributed by atoms with Crippen molar-refractivity contribution in [2.24, 2.45) is 4.99 Å². The minimum atomic E-state index is -0.605. The van der Waals surface area contributed by atoms with Crippen LogP contribution in [0.15, 0.2) is 75.8 Å². The van der Waals surface area contributed by atoms with Crippen molar-refractivity contribution >= 4 is 57.7 Å². The van der Waals surface area contributed by atoms with Gasteiger partial charge in [-0.1, -0.05) is 53.2 Å². The van der Waals surface area contributed by atoms with Gasteiger partial charge in [0, 0.05) is 17.1 Å². The maximum absolute atomic E-state index is 12.6. The molecule has 174 valence electrons. The van der Waals surface area contributed by atoms with Gasteiger partial charge in [-0.3, -0.25) is 0 Å². The van der Waals surface area contributed by atoms with Crippen molar-refractivity contribution in [3.8, 4) is 5.69 Å². The van der Waals surface area contributed by atoms with Gasteiger partial charge in [-0.15, -0.1) is 0 Å². The Bertz CT molecular complexity index is 1360. The highest BCUT2D eigenvalue weighted by molar-refractivity contribution is 8.18. The molecule has 0 aliphatic carbocycles. The number of aliphatic hydroxyl groups excluding tert-OH is 1. The number of aliphatic imine (C=N–C) groups is 1. The second kappa shape index (κ2) is 10.1. The highest BCUT2D eigenvalue weighted by Crippen LogP contribution is 2.41. The molecule has 1 aliphatic rings. The van der Waals surface area contributed by atoms with Crippen LogP contribution in [0.1, 0.15) is 23.9 Å². The van der Waals surface area contributed by atoms with E-state index in [0.29, 0.717) is 25.7 Å². The first kappa shape index (κ1) is 24.2. The monoisotopic (exact) mass is 512 g/mol. The summed E-state index contributed by atoms with van der Waals surface area (Å²) >= 11 is 13.5. The summed E-state index contributed by atoms with van der Waals surface area (Å²) in [6.45, 7) is 5.89. The number of ether oxygens (including phenoxy) is 1. The normalized spacial score (nSPS) is 16.0. The number of aryl methyl sites for hydroxylation is 1. The summed E-state index contributed by atoms with van der Waals surface area (Å²) in [5, 5.41) is 12.3. The van der Waals surface area contributed by atoms with Crippen LogP contribution in [0.25, 0.3) is 11.8 Å². The number of halogens is 2. The number of thioether (sulfide) groups is 1.